The van der Waals surface area contributed by atoms with E-state index in [1.807, 2.05) is 31.2 Å². The number of benzene rings is 4. The Labute approximate surface area is 200 Å². The summed E-state index contributed by atoms with van der Waals surface area (Å²) in [5.41, 5.74) is 6.12. The maximum absolute atomic E-state index is 8.07. The molecule has 0 fully saturated rings. The molecule has 0 aliphatic carbocycles. The molecule has 0 amide bonds. The van der Waals surface area contributed by atoms with E-state index in [9.17, 15) is 0 Å². The molecule has 0 spiro atoms. The van der Waals surface area contributed by atoms with Crippen molar-refractivity contribution in [2.24, 2.45) is 0 Å². The first-order valence-corrected chi connectivity index (χ1v) is 11.7. The molecule has 0 unspecified atom stereocenters. The molecule has 0 saturated carbocycles. The lowest BCUT2D eigenvalue weighted by Crippen LogP contribution is -2.10. The Bertz CT molecular complexity index is 1490. The van der Waals surface area contributed by atoms with Crippen LogP contribution in [0.1, 0.15) is 43.6 Å². The number of para-hydroxylation sites is 1. The van der Waals surface area contributed by atoms with Gasteiger partial charge in [-0.25, -0.2) is 0 Å². The van der Waals surface area contributed by atoms with Crippen molar-refractivity contribution < 1.29 is 4.42 Å². The highest BCUT2D eigenvalue weighted by atomic mass is 16.3. The van der Waals surface area contributed by atoms with Crippen molar-refractivity contribution in [1.29, 1.82) is 5.41 Å². The number of allylic oxidation sites excluding steroid dienone is 1. The maximum Gasteiger partial charge on any atom is 0.138 e. The highest BCUT2D eigenvalue weighted by Crippen LogP contribution is 2.43. The Hall–Kier alpha value is -4.11. The van der Waals surface area contributed by atoms with Gasteiger partial charge in [-0.2, -0.15) is 0 Å². The van der Waals surface area contributed by atoms with Crippen molar-refractivity contribution in [3.8, 4) is 0 Å². The van der Waals surface area contributed by atoms with E-state index in [2.05, 4.69) is 91.5 Å². The van der Waals surface area contributed by atoms with Crippen LogP contribution in [0.2, 0.25) is 0 Å². The molecule has 3 nitrogen and oxygen atoms in total. The zero-order valence-corrected chi connectivity index (χ0v) is 19.7. The van der Waals surface area contributed by atoms with E-state index in [0.29, 0.717) is 11.7 Å². The van der Waals surface area contributed by atoms with Gasteiger partial charge in [-0.15, -0.1) is 0 Å². The van der Waals surface area contributed by atoms with Crippen molar-refractivity contribution in [2.45, 2.75) is 26.7 Å². The fourth-order valence-electron chi connectivity index (χ4n) is 4.60. The summed E-state index contributed by atoms with van der Waals surface area (Å²) in [5, 5.41) is 11.2. The molecule has 0 atom stereocenters. The van der Waals surface area contributed by atoms with Crippen molar-refractivity contribution in [3.63, 3.8) is 0 Å². The van der Waals surface area contributed by atoms with Gasteiger partial charge in [0.1, 0.15) is 11.3 Å². The molecule has 1 aromatic heterocycles. The van der Waals surface area contributed by atoms with E-state index < -0.39 is 0 Å². The number of furan rings is 1. The van der Waals surface area contributed by atoms with E-state index in [-0.39, 0.29) is 0 Å². The Balaban J connectivity index is 1.83. The molecule has 4 aromatic carbocycles. The van der Waals surface area contributed by atoms with Crippen molar-refractivity contribution >= 4 is 51.1 Å². The molecule has 1 N–H and O–H groups in total. The van der Waals surface area contributed by atoms with Gasteiger partial charge >= 0.3 is 0 Å². The Morgan fingerprint density at radius 3 is 2.12 bits per heavy atom. The molecular formula is C31H28N2O. The van der Waals surface area contributed by atoms with Gasteiger partial charge < -0.3 is 14.7 Å². The predicted octanol–water partition coefficient (Wildman–Crippen LogP) is 9.21. The van der Waals surface area contributed by atoms with E-state index in [1.165, 1.54) is 11.8 Å². The lowest BCUT2D eigenvalue weighted by atomic mass is 9.99. The molecular weight excluding hydrogens is 416 g/mol. The van der Waals surface area contributed by atoms with Gasteiger partial charge in [-0.3, -0.25) is 0 Å². The standard InChI is InChI=1S/C31H28N2O/c1-4-10-29-27(20-32)31-26-14-9-8-13-25(26)28(19-30(31)34-29)33(23-11-6-5-7-12-23)24-17-15-22(16-18-24)21(2)3/h4-21,32H,1-3H3/b10-4-,32-20?. The third-order valence-electron chi connectivity index (χ3n) is 6.28. The molecule has 1 heterocycles. The maximum atomic E-state index is 8.07. The number of fused-ring (bicyclic) bond motifs is 3. The SMILES string of the molecule is C/C=C\c1oc2cc(N(c3ccccc3)c3ccc(C(C)C)cc3)c3ccccc3c2c1C=N. The van der Waals surface area contributed by atoms with Crippen molar-refractivity contribution in [3.05, 3.63) is 108 Å². The second-order valence-electron chi connectivity index (χ2n) is 8.76. The largest absolute Gasteiger partial charge is 0.456 e. The molecule has 0 saturated heterocycles. The minimum absolute atomic E-state index is 0.476. The summed E-state index contributed by atoms with van der Waals surface area (Å²) in [6.45, 7) is 6.39. The first kappa shape index (κ1) is 21.7. The number of hydrogen-bond donors (Lipinski definition) is 1. The Morgan fingerprint density at radius 2 is 1.47 bits per heavy atom. The van der Waals surface area contributed by atoms with Crippen LogP contribution in [0, 0.1) is 5.41 Å². The molecule has 168 valence electrons. The number of nitrogens with one attached hydrogen (secondary N) is 1. The second kappa shape index (κ2) is 9.03. The smallest absolute Gasteiger partial charge is 0.138 e. The van der Waals surface area contributed by atoms with E-state index in [0.717, 1.165) is 44.4 Å². The summed E-state index contributed by atoms with van der Waals surface area (Å²) >= 11 is 0. The molecule has 0 bridgehead atoms. The molecule has 0 aliphatic rings. The van der Waals surface area contributed by atoms with Gasteiger partial charge in [0.25, 0.3) is 0 Å². The number of anilines is 3. The minimum atomic E-state index is 0.476. The summed E-state index contributed by atoms with van der Waals surface area (Å²) in [4.78, 5) is 2.29. The van der Waals surface area contributed by atoms with Gasteiger partial charge in [0.2, 0.25) is 0 Å². The lowest BCUT2D eigenvalue weighted by molar-refractivity contribution is 0.604. The van der Waals surface area contributed by atoms with Gasteiger partial charge in [0.15, 0.2) is 0 Å². The van der Waals surface area contributed by atoms with Crippen LogP contribution in [-0.4, -0.2) is 6.21 Å². The van der Waals surface area contributed by atoms with Gasteiger partial charge in [0, 0.05) is 40.0 Å². The van der Waals surface area contributed by atoms with Crippen LogP contribution in [-0.2, 0) is 0 Å². The van der Waals surface area contributed by atoms with Crippen LogP contribution in [0.15, 0.2) is 95.4 Å². The summed E-state index contributed by atoms with van der Waals surface area (Å²) < 4.78 is 6.29. The molecule has 3 heteroatoms. The quantitative estimate of drug-likeness (QED) is 0.265. The molecule has 5 rings (SSSR count). The summed E-state index contributed by atoms with van der Waals surface area (Å²) in [7, 11) is 0. The highest BCUT2D eigenvalue weighted by Gasteiger charge is 2.21. The number of nitrogens with zero attached hydrogens (tertiary/aromatic N) is 1. The van der Waals surface area contributed by atoms with Gasteiger partial charge in [-0.1, -0.05) is 74.5 Å². The molecule has 0 aliphatic heterocycles. The summed E-state index contributed by atoms with van der Waals surface area (Å²) in [6.07, 6.45) is 5.27. The topological polar surface area (TPSA) is 40.2 Å². The summed E-state index contributed by atoms with van der Waals surface area (Å²) in [5.74, 6) is 1.19. The zero-order valence-electron chi connectivity index (χ0n) is 19.7. The van der Waals surface area contributed by atoms with Crippen LogP contribution >= 0.6 is 0 Å². The number of hydrogen-bond acceptors (Lipinski definition) is 3. The van der Waals surface area contributed by atoms with Crippen LogP contribution in [0.25, 0.3) is 27.8 Å². The van der Waals surface area contributed by atoms with E-state index >= 15 is 0 Å². The Morgan fingerprint density at radius 1 is 0.824 bits per heavy atom. The lowest BCUT2D eigenvalue weighted by Gasteiger charge is -2.27. The number of rotatable bonds is 6. The predicted molar refractivity (Wildman–Crippen MR) is 145 cm³/mol. The first-order chi connectivity index (χ1) is 16.6. The van der Waals surface area contributed by atoms with E-state index in [1.54, 1.807) is 0 Å². The van der Waals surface area contributed by atoms with E-state index in [4.69, 9.17) is 9.83 Å². The minimum Gasteiger partial charge on any atom is -0.456 e. The first-order valence-electron chi connectivity index (χ1n) is 11.7. The van der Waals surface area contributed by atoms with Crippen molar-refractivity contribution in [1.82, 2.24) is 0 Å². The third-order valence-corrected chi connectivity index (χ3v) is 6.28. The third kappa shape index (κ3) is 3.69. The molecule has 0 radical (unpaired) electrons. The molecule has 5 aromatic rings. The Kier molecular flexibility index (Phi) is 5.77. The van der Waals surface area contributed by atoms with Crippen LogP contribution in [0.4, 0.5) is 17.1 Å². The fourth-order valence-corrected chi connectivity index (χ4v) is 4.60. The second-order valence-corrected chi connectivity index (χ2v) is 8.76. The van der Waals surface area contributed by atoms with Gasteiger partial charge in [0.05, 0.1) is 5.69 Å². The normalized spacial score (nSPS) is 11.6. The van der Waals surface area contributed by atoms with Crippen LogP contribution < -0.4 is 4.90 Å². The van der Waals surface area contributed by atoms with Crippen LogP contribution in [0.5, 0.6) is 0 Å². The monoisotopic (exact) mass is 444 g/mol. The molecule has 34 heavy (non-hydrogen) atoms. The fraction of sp³-hybridized carbons (Fsp3) is 0.129. The summed E-state index contributed by atoms with van der Waals surface area (Å²) in [6, 6.07) is 29.7. The van der Waals surface area contributed by atoms with Crippen molar-refractivity contribution in [2.75, 3.05) is 4.90 Å². The van der Waals surface area contributed by atoms with Gasteiger partial charge in [-0.05, 0) is 54.1 Å². The highest BCUT2D eigenvalue weighted by molar-refractivity contribution is 6.19. The zero-order chi connectivity index (χ0) is 23.7. The average molecular weight is 445 g/mol. The van der Waals surface area contributed by atoms with Crippen LogP contribution in [0.3, 0.4) is 0 Å². The average Bonchev–Trinajstić information content (AvgIpc) is 3.22.